The van der Waals surface area contributed by atoms with Crippen molar-refractivity contribution in [3.63, 3.8) is 0 Å². The summed E-state index contributed by atoms with van der Waals surface area (Å²) in [5.41, 5.74) is 2.72. The highest BCUT2D eigenvalue weighted by Crippen LogP contribution is 2.31. The Morgan fingerprint density at radius 3 is 2.26 bits per heavy atom. The Kier molecular flexibility index (Phi) is 4.90. The van der Waals surface area contributed by atoms with Crippen molar-refractivity contribution in [3.8, 4) is 0 Å². The Morgan fingerprint density at radius 1 is 1.00 bits per heavy atom. The minimum Gasteiger partial charge on any atom is -0.382 e. The highest BCUT2D eigenvalue weighted by molar-refractivity contribution is 5.46. The monoisotopic (exact) mass is 259 g/mol. The summed E-state index contributed by atoms with van der Waals surface area (Å²) in [6.07, 6.45) is 5.46. The largest absolute Gasteiger partial charge is 0.382 e. The molecule has 1 heteroatoms. The number of hydrogen-bond acceptors (Lipinski definition) is 1. The molecule has 1 aliphatic rings. The Balaban J connectivity index is 1.93. The van der Waals surface area contributed by atoms with Gasteiger partial charge in [-0.25, -0.2) is 0 Å². The smallest absolute Gasteiger partial charge is 0.0342 e. The van der Waals surface area contributed by atoms with E-state index in [9.17, 15) is 0 Å². The zero-order valence-corrected chi connectivity index (χ0v) is 12.9. The van der Waals surface area contributed by atoms with Crippen LogP contribution in [0.5, 0.6) is 0 Å². The summed E-state index contributed by atoms with van der Waals surface area (Å²) in [7, 11) is 0. The third-order valence-corrected chi connectivity index (χ3v) is 4.61. The average Bonchev–Trinajstić information content (AvgIpc) is 2.39. The first kappa shape index (κ1) is 14.4. The topological polar surface area (TPSA) is 12.0 Å². The van der Waals surface area contributed by atoms with Gasteiger partial charge < -0.3 is 5.32 Å². The van der Waals surface area contributed by atoms with Gasteiger partial charge in [0.25, 0.3) is 0 Å². The molecule has 0 heterocycles. The maximum absolute atomic E-state index is 3.73. The first-order chi connectivity index (χ1) is 9.06. The molecule has 1 aliphatic carbocycles. The fraction of sp³-hybridized carbons (Fsp3) is 0.667. The van der Waals surface area contributed by atoms with Crippen LogP contribution in [0.3, 0.4) is 0 Å². The molecule has 1 N–H and O–H groups in total. The minimum absolute atomic E-state index is 0.619. The van der Waals surface area contributed by atoms with Crippen LogP contribution in [-0.4, -0.2) is 6.04 Å². The molecule has 1 fully saturated rings. The van der Waals surface area contributed by atoms with Crippen molar-refractivity contribution in [1.82, 2.24) is 0 Å². The third kappa shape index (κ3) is 3.99. The molecule has 0 aromatic heterocycles. The van der Waals surface area contributed by atoms with Crippen LogP contribution in [0.4, 0.5) is 5.69 Å². The zero-order valence-electron chi connectivity index (χ0n) is 12.9. The lowest BCUT2D eigenvalue weighted by Gasteiger charge is -2.32. The molecule has 2 rings (SSSR count). The minimum atomic E-state index is 0.619. The molecule has 0 spiro atoms. The van der Waals surface area contributed by atoms with E-state index in [4.69, 9.17) is 0 Å². The summed E-state index contributed by atoms with van der Waals surface area (Å²) in [5, 5.41) is 3.73. The van der Waals surface area contributed by atoms with Gasteiger partial charge in [-0.2, -0.15) is 0 Å². The van der Waals surface area contributed by atoms with E-state index in [1.165, 1.54) is 36.9 Å². The zero-order chi connectivity index (χ0) is 13.8. The van der Waals surface area contributed by atoms with Crippen LogP contribution < -0.4 is 5.32 Å². The third-order valence-electron chi connectivity index (χ3n) is 4.61. The second-order valence-corrected chi connectivity index (χ2v) is 6.79. The highest BCUT2D eigenvalue weighted by atomic mass is 14.9. The maximum atomic E-state index is 3.73. The first-order valence-electron chi connectivity index (χ1n) is 7.92. The number of nitrogens with one attached hydrogen (secondary N) is 1. The van der Waals surface area contributed by atoms with Gasteiger partial charge in [-0.3, -0.25) is 0 Å². The highest BCUT2D eigenvalue weighted by Gasteiger charge is 2.23. The van der Waals surface area contributed by atoms with Crippen LogP contribution >= 0.6 is 0 Å². The van der Waals surface area contributed by atoms with Crippen LogP contribution in [0, 0.1) is 11.8 Å². The fourth-order valence-electron chi connectivity index (χ4n) is 3.16. The van der Waals surface area contributed by atoms with Crippen LogP contribution in [0.1, 0.15) is 64.9 Å². The SMILES string of the molecule is CC(C)c1ccc(NC2CCCC(C(C)C)C2)cc1. The molecule has 1 aromatic rings. The Labute approximate surface area is 118 Å². The summed E-state index contributed by atoms with van der Waals surface area (Å²) in [4.78, 5) is 0. The van der Waals surface area contributed by atoms with Gasteiger partial charge in [0.05, 0.1) is 0 Å². The molecule has 106 valence electrons. The fourth-order valence-corrected chi connectivity index (χ4v) is 3.16. The molecule has 1 aromatic carbocycles. The molecule has 2 unspecified atom stereocenters. The molecule has 0 aliphatic heterocycles. The summed E-state index contributed by atoms with van der Waals surface area (Å²) in [5.74, 6) is 2.35. The first-order valence-corrected chi connectivity index (χ1v) is 7.92. The van der Waals surface area contributed by atoms with E-state index in [2.05, 4.69) is 57.3 Å². The molecule has 1 nitrogen and oxygen atoms in total. The predicted octanol–water partition coefficient (Wildman–Crippen LogP) is 5.44. The van der Waals surface area contributed by atoms with Crippen molar-refractivity contribution in [2.75, 3.05) is 5.32 Å². The lowest BCUT2D eigenvalue weighted by atomic mass is 9.79. The summed E-state index contributed by atoms with van der Waals surface area (Å²) in [6, 6.07) is 9.68. The molecule has 0 amide bonds. The van der Waals surface area contributed by atoms with Gasteiger partial charge in [0.2, 0.25) is 0 Å². The van der Waals surface area contributed by atoms with Gasteiger partial charge in [0.15, 0.2) is 0 Å². The summed E-state index contributed by atoms with van der Waals surface area (Å²) < 4.78 is 0. The van der Waals surface area contributed by atoms with E-state index >= 15 is 0 Å². The number of benzene rings is 1. The quantitative estimate of drug-likeness (QED) is 0.759. The van der Waals surface area contributed by atoms with Crippen LogP contribution in [0.2, 0.25) is 0 Å². The molecule has 19 heavy (non-hydrogen) atoms. The van der Waals surface area contributed by atoms with Crippen molar-refractivity contribution in [3.05, 3.63) is 29.8 Å². The number of anilines is 1. The molecular weight excluding hydrogens is 230 g/mol. The normalized spacial score (nSPS) is 23.9. The second-order valence-electron chi connectivity index (χ2n) is 6.79. The Morgan fingerprint density at radius 2 is 1.68 bits per heavy atom. The molecule has 0 saturated heterocycles. The van der Waals surface area contributed by atoms with E-state index in [1.54, 1.807) is 0 Å². The molecule has 1 saturated carbocycles. The van der Waals surface area contributed by atoms with Crippen molar-refractivity contribution in [1.29, 1.82) is 0 Å². The summed E-state index contributed by atoms with van der Waals surface area (Å²) in [6.45, 7) is 9.22. The van der Waals surface area contributed by atoms with Crippen LogP contribution in [-0.2, 0) is 0 Å². The van der Waals surface area contributed by atoms with Crippen molar-refractivity contribution in [2.45, 2.75) is 65.3 Å². The van der Waals surface area contributed by atoms with Gasteiger partial charge in [-0.05, 0) is 48.3 Å². The lowest BCUT2D eigenvalue weighted by molar-refractivity contribution is 0.264. The van der Waals surface area contributed by atoms with Gasteiger partial charge in [0, 0.05) is 11.7 Å². The Hall–Kier alpha value is -0.980. The van der Waals surface area contributed by atoms with Gasteiger partial charge in [-0.15, -0.1) is 0 Å². The standard InChI is InChI=1S/C18H29N/c1-13(2)15-8-10-17(11-9-15)19-18-7-5-6-16(12-18)14(3)4/h8-11,13-14,16,18-19H,5-7,12H2,1-4H3. The van der Waals surface area contributed by atoms with E-state index in [1.807, 2.05) is 0 Å². The van der Waals surface area contributed by atoms with Crippen molar-refractivity contribution in [2.24, 2.45) is 11.8 Å². The van der Waals surface area contributed by atoms with Crippen LogP contribution in [0.25, 0.3) is 0 Å². The second kappa shape index (κ2) is 6.45. The molecule has 0 bridgehead atoms. The Bertz CT molecular complexity index is 377. The average molecular weight is 259 g/mol. The van der Waals surface area contributed by atoms with E-state index in [0.717, 1.165) is 11.8 Å². The molecular formula is C18H29N. The lowest BCUT2D eigenvalue weighted by Crippen LogP contribution is -2.29. The maximum Gasteiger partial charge on any atom is 0.0342 e. The van der Waals surface area contributed by atoms with E-state index in [0.29, 0.717) is 12.0 Å². The van der Waals surface area contributed by atoms with Crippen LogP contribution in [0.15, 0.2) is 24.3 Å². The predicted molar refractivity (Wildman–Crippen MR) is 84.7 cm³/mol. The van der Waals surface area contributed by atoms with Crippen molar-refractivity contribution < 1.29 is 0 Å². The molecule has 0 radical (unpaired) electrons. The molecule has 2 atom stereocenters. The van der Waals surface area contributed by atoms with E-state index in [-0.39, 0.29) is 0 Å². The number of rotatable bonds is 4. The van der Waals surface area contributed by atoms with Gasteiger partial charge in [-0.1, -0.05) is 52.7 Å². The van der Waals surface area contributed by atoms with E-state index < -0.39 is 0 Å². The number of hydrogen-bond donors (Lipinski definition) is 1. The van der Waals surface area contributed by atoms with Gasteiger partial charge in [0.1, 0.15) is 0 Å². The summed E-state index contributed by atoms with van der Waals surface area (Å²) >= 11 is 0. The van der Waals surface area contributed by atoms with Crippen molar-refractivity contribution >= 4 is 5.69 Å². The van der Waals surface area contributed by atoms with Gasteiger partial charge >= 0.3 is 0 Å².